The van der Waals surface area contributed by atoms with Crippen molar-refractivity contribution in [3.8, 4) is 11.5 Å². The fourth-order valence-corrected chi connectivity index (χ4v) is 2.75. The van der Waals surface area contributed by atoms with Gasteiger partial charge in [-0.05, 0) is 25.0 Å². The molecule has 1 aromatic heterocycles. The average Bonchev–Trinajstić information content (AvgIpc) is 2.97. The molecule has 1 N–H and O–H groups in total. The van der Waals surface area contributed by atoms with Crippen molar-refractivity contribution in [3.05, 3.63) is 42.0 Å². The Balaban J connectivity index is 1.75. The van der Waals surface area contributed by atoms with E-state index in [2.05, 4.69) is 23.8 Å². The number of nitrogens with one attached hydrogen (secondary N) is 1. The van der Waals surface area contributed by atoms with Crippen molar-refractivity contribution in [1.29, 1.82) is 0 Å². The van der Waals surface area contributed by atoms with Crippen LogP contribution in [0.4, 0.5) is 0 Å². The number of carbonyl (C=O) groups is 1. The van der Waals surface area contributed by atoms with Gasteiger partial charge in [0.1, 0.15) is 6.61 Å². The van der Waals surface area contributed by atoms with Gasteiger partial charge in [0.15, 0.2) is 11.5 Å². The van der Waals surface area contributed by atoms with Crippen LogP contribution in [0, 0.1) is 12.8 Å². The van der Waals surface area contributed by atoms with Crippen molar-refractivity contribution < 1.29 is 14.3 Å². The highest BCUT2D eigenvalue weighted by Crippen LogP contribution is 2.31. The Kier molecular flexibility index (Phi) is 4.74. The maximum Gasteiger partial charge on any atom is 0.267 e. The zero-order valence-corrected chi connectivity index (χ0v) is 14.3. The van der Waals surface area contributed by atoms with E-state index in [9.17, 15) is 4.79 Å². The van der Waals surface area contributed by atoms with Crippen molar-refractivity contribution in [2.75, 3.05) is 13.2 Å². The molecule has 0 spiro atoms. The first-order valence-electron chi connectivity index (χ1n) is 8.20. The molecule has 1 amide bonds. The van der Waals surface area contributed by atoms with E-state index in [-0.39, 0.29) is 12.5 Å². The Morgan fingerprint density at radius 1 is 1.38 bits per heavy atom. The Morgan fingerprint density at radius 2 is 2.12 bits per heavy atom. The Labute approximate surface area is 141 Å². The number of para-hydroxylation sites is 2. The van der Waals surface area contributed by atoms with Crippen LogP contribution in [0.15, 0.2) is 30.6 Å². The van der Waals surface area contributed by atoms with Gasteiger partial charge in [-0.25, -0.2) is 4.98 Å². The molecule has 6 heteroatoms. The molecule has 0 radical (unpaired) electrons. The van der Waals surface area contributed by atoms with Gasteiger partial charge >= 0.3 is 0 Å². The van der Waals surface area contributed by atoms with Crippen LogP contribution in [-0.4, -0.2) is 40.0 Å². The number of hydrogen-bond donors (Lipinski definition) is 1. The third-order valence-electron chi connectivity index (χ3n) is 3.96. The highest BCUT2D eigenvalue weighted by molar-refractivity contribution is 5.82. The number of rotatable bonds is 5. The van der Waals surface area contributed by atoms with E-state index in [0.29, 0.717) is 30.5 Å². The lowest BCUT2D eigenvalue weighted by molar-refractivity contribution is -0.142. The van der Waals surface area contributed by atoms with Gasteiger partial charge in [0, 0.05) is 12.2 Å². The van der Waals surface area contributed by atoms with E-state index in [1.165, 1.54) is 0 Å². The number of fused-ring (bicyclic) bond motifs is 1. The number of benzene rings is 1. The minimum absolute atomic E-state index is 0.0689. The number of ether oxygens (including phenoxy) is 2. The molecule has 0 unspecified atom stereocenters. The number of nitrogens with zero attached hydrogens (tertiary/aromatic N) is 2. The van der Waals surface area contributed by atoms with E-state index in [1.807, 2.05) is 31.2 Å². The van der Waals surface area contributed by atoms with Crippen molar-refractivity contribution in [2.45, 2.75) is 33.4 Å². The summed E-state index contributed by atoms with van der Waals surface area (Å²) in [6, 6.07) is 7.41. The molecule has 0 saturated heterocycles. The van der Waals surface area contributed by atoms with E-state index in [0.717, 1.165) is 11.4 Å². The minimum Gasteiger partial charge on any atom is -0.485 e. The van der Waals surface area contributed by atoms with Gasteiger partial charge in [-0.15, -0.1) is 0 Å². The van der Waals surface area contributed by atoms with Gasteiger partial charge in [0.25, 0.3) is 5.91 Å². The molecule has 0 fully saturated rings. The topological polar surface area (TPSA) is 67.5 Å². The van der Waals surface area contributed by atoms with Crippen LogP contribution < -0.4 is 9.47 Å². The van der Waals surface area contributed by atoms with E-state index < -0.39 is 6.10 Å². The molecule has 1 atom stereocenters. The summed E-state index contributed by atoms with van der Waals surface area (Å²) in [7, 11) is 0. The zero-order chi connectivity index (χ0) is 17.1. The molecule has 2 aromatic rings. The number of hydrogen-bond acceptors (Lipinski definition) is 4. The van der Waals surface area contributed by atoms with Gasteiger partial charge < -0.3 is 19.4 Å². The standard InChI is InChI=1S/C18H23N3O3/c1-12(2)8-21(9-14-13(3)19-11-20-14)18(22)17-10-23-15-6-4-5-7-16(15)24-17/h4-7,11-12,17H,8-10H2,1-3H3,(H,19,20)/t17-/m1/s1. The number of amides is 1. The van der Waals surface area contributed by atoms with Gasteiger partial charge in [-0.2, -0.15) is 0 Å². The highest BCUT2D eigenvalue weighted by atomic mass is 16.6. The number of imidazole rings is 1. The van der Waals surface area contributed by atoms with Gasteiger partial charge in [0.2, 0.25) is 6.10 Å². The largest absolute Gasteiger partial charge is 0.485 e. The van der Waals surface area contributed by atoms with E-state index in [4.69, 9.17) is 9.47 Å². The third-order valence-corrected chi connectivity index (χ3v) is 3.96. The normalized spacial score (nSPS) is 16.2. The average molecular weight is 329 g/mol. The lowest BCUT2D eigenvalue weighted by atomic mass is 10.1. The Bertz CT molecular complexity index is 711. The quantitative estimate of drug-likeness (QED) is 0.915. The minimum atomic E-state index is -0.627. The van der Waals surface area contributed by atoms with Crippen LogP contribution in [0.1, 0.15) is 25.2 Å². The highest BCUT2D eigenvalue weighted by Gasteiger charge is 2.31. The molecule has 0 aliphatic carbocycles. The smallest absolute Gasteiger partial charge is 0.267 e. The molecule has 24 heavy (non-hydrogen) atoms. The molecule has 3 rings (SSSR count). The van der Waals surface area contributed by atoms with Crippen molar-refractivity contribution >= 4 is 5.91 Å². The summed E-state index contributed by atoms with van der Waals surface area (Å²) in [5.41, 5.74) is 1.85. The molecule has 1 aromatic carbocycles. The predicted octanol–water partition coefficient (Wildman–Crippen LogP) is 2.54. The summed E-state index contributed by atoms with van der Waals surface area (Å²) in [6.07, 6.45) is 1.03. The van der Waals surface area contributed by atoms with Gasteiger partial charge in [-0.1, -0.05) is 26.0 Å². The molecule has 2 heterocycles. The fourth-order valence-electron chi connectivity index (χ4n) is 2.75. The monoisotopic (exact) mass is 329 g/mol. The van der Waals surface area contributed by atoms with Crippen LogP contribution in [0.5, 0.6) is 11.5 Å². The summed E-state index contributed by atoms with van der Waals surface area (Å²) in [5.74, 6) is 1.58. The Hall–Kier alpha value is -2.50. The van der Waals surface area contributed by atoms with Crippen LogP contribution in [0.25, 0.3) is 0 Å². The Morgan fingerprint density at radius 3 is 2.79 bits per heavy atom. The van der Waals surface area contributed by atoms with E-state index >= 15 is 0 Å². The van der Waals surface area contributed by atoms with Gasteiger partial charge in [0.05, 0.1) is 18.6 Å². The molecule has 0 bridgehead atoms. The first-order valence-corrected chi connectivity index (χ1v) is 8.20. The molecule has 6 nitrogen and oxygen atoms in total. The van der Waals surface area contributed by atoms with Crippen LogP contribution in [-0.2, 0) is 11.3 Å². The summed E-state index contributed by atoms with van der Waals surface area (Å²) >= 11 is 0. The van der Waals surface area contributed by atoms with Crippen LogP contribution >= 0.6 is 0 Å². The number of aromatic nitrogens is 2. The van der Waals surface area contributed by atoms with Crippen LogP contribution in [0.3, 0.4) is 0 Å². The van der Waals surface area contributed by atoms with Crippen molar-refractivity contribution in [1.82, 2.24) is 14.9 Å². The van der Waals surface area contributed by atoms with Crippen molar-refractivity contribution in [3.63, 3.8) is 0 Å². The maximum absolute atomic E-state index is 13.0. The van der Waals surface area contributed by atoms with E-state index in [1.54, 1.807) is 11.2 Å². The summed E-state index contributed by atoms with van der Waals surface area (Å²) in [4.78, 5) is 22.1. The molecule has 128 valence electrons. The number of H-pyrrole nitrogens is 1. The summed E-state index contributed by atoms with van der Waals surface area (Å²) < 4.78 is 11.5. The first kappa shape index (κ1) is 16.4. The molecule has 0 saturated carbocycles. The molecular formula is C18H23N3O3. The lowest BCUT2D eigenvalue weighted by Gasteiger charge is -2.31. The second-order valence-electron chi connectivity index (χ2n) is 6.45. The SMILES string of the molecule is Cc1[nH]cnc1CN(CC(C)C)C(=O)[C@H]1COc2ccccc2O1. The third kappa shape index (κ3) is 3.53. The second kappa shape index (κ2) is 6.95. The maximum atomic E-state index is 13.0. The first-order chi connectivity index (χ1) is 11.5. The molecular weight excluding hydrogens is 306 g/mol. The number of aryl methyl sites for hydroxylation is 1. The van der Waals surface area contributed by atoms with Gasteiger partial charge in [-0.3, -0.25) is 4.79 Å². The molecule has 1 aliphatic rings. The summed E-state index contributed by atoms with van der Waals surface area (Å²) in [6.45, 7) is 7.47. The fraction of sp³-hybridized carbons (Fsp3) is 0.444. The predicted molar refractivity (Wildman–Crippen MR) is 89.9 cm³/mol. The zero-order valence-electron chi connectivity index (χ0n) is 14.3. The second-order valence-corrected chi connectivity index (χ2v) is 6.45. The number of carbonyl (C=O) groups excluding carboxylic acids is 1. The van der Waals surface area contributed by atoms with Crippen molar-refractivity contribution in [2.24, 2.45) is 5.92 Å². The number of aromatic amines is 1. The molecule has 1 aliphatic heterocycles. The summed E-state index contributed by atoms with van der Waals surface area (Å²) in [5, 5.41) is 0. The lowest BCUT2D eigenvalue weighted by Crippen LogP contribution is -2.47. The van der Waals surface area contributed by atoms with Crippen LogP contribution in [0.2, 0.25) is 0 Å².